The average Bonchev–Trinajstić information content (AvgIpc) is 3.05. The van der Waals surface area contributed by atoms with Gasteiger partial charge in [-0.2, -0.15) is 0 Å². The second-order valence-electron chi connectivity index (χ2n) is 5.77. The molecule has 3 aromatic rings. The van der Waals surface area contributed by atoms with Gasteiger partial charge < -0.3 is 25.2 Å². The van der Waals surface area contributed by atoms with Gasteiger partial charge in [-0.1, -0.05) is 28.9 Å². The van der Waals surface area contributed by atoms with E-state index in [1.165, 1.54) is 0 Å². The minimum absolute atomic E-state index is 0.0509. The molecule has 0 aliphatic rings. The molecule has 0 radical (unpaired) electrons. The van der Waals surface area contributed by atoms with E-state index in [0.717, 1.165) is 22.5 Å². The first-order valence-corrected chi connectivity index (χ1v) is 7.88. The minimum atomic E-state index is -0.0509. The van der Waals surface area contributed by atoms with Gasteiger partial charge in [0.1, 0.15) is 10.9 Å². The zero-order chi connectivity index (χ0) is 18.3. The van der Waals surface area contributed by atoms with Crippen molar-refractivity contribution in [1.29, 1.82) is 0 Å². The second kappa shape index (κ2) is 6.18. The van der Waals surface area contributed by atoms with Crippen LogP contribution in [0.25, 0.3) is 22.4 Å². The van der Waals surface area contributed by atoms with Crippen LogP contribution in [0.5, 0.6) is 5.75 Å². The lowest BCUT2D eigenvalue weighted by Gasteiger charge is -2.10. The molecule has 0 saturated heterocycles. The zero-order valence-corrected chi connectivity index (χ0v) is 14.8. The van der Waals surface area contributed by atoms with Crippen LogP contribution in [0.15, 0.2) is 35.7 Å². The van der Waals surface area contributed by atoms with E-state index in [-0.39, 0.29) is 11.6 Å². The Hall–Kier alpha value is -2.93. The Morgan fingerprint density at radius 3 is 2.36 bits per heavy atom. The van der Waals surface area contributed by atoms with Crippen LogP contribution >= 0.6 is 11.6 Å². The summed E-state index contributed by atoms with van der Waals surface area (Å²) in [5.41, 5.74) is 10.3. The third kappa shape index (κ3) is 2.62. The molecule has 2 aromatic heterocycles. The molecule has 7 nitrogen and oxygen atoms in total. The predicted octanol–water partition coefficient (Wildman–Crippen LogP) is 2.85. The summed E-state index contributed by atoms with van der Waals surface area (Å²) in [6.45, 7) is 1.88. The highest BCUT2D eigenvalue weighted by Crippen LogP contribution is 2.43. The molecule has 25 heavy (non-hydrogen) atoms. The number of phenols is 1. The summed E-state index contributed by atoms with van der Waals surface area (Å²) in [5.74, 6) is 0.107. The van der Waals surface area contributed by atoms with Gasteiger partial charge in [-0.25, -0.2) is 4.98 Å². The van der Waals surface area contributed by atoms with Crippen LogP contribution in [0.4, 0.5) is 0 Å². The SMILES string of the molecule is Cc1ncn(C)c1-c1c(-c2ccc(O)cc2)c(Cl)n(C)c1C(N)=NO. The monoisotopic (exact) mass is 359 g/mol. The van der Waals surface area contributed by atoms with Crippen molar-refractivity contribution in [3.63, 3.8) is 0 Å². The van der Waals surface area contributed by atoms with Crippen molar-refractivity contribution in [3.05, 3.63) is 47.1 Å². The summed E-state index contributed by atoms with van der Waals surface area (Å²) in [4.78, 5) is 4.33. The number of amidine groups is 1. The Bertz CT molecular complexity index is 951. The summed E-state index contributed by atoms with van der Waals surface area (Å²) in [7, 11) is 3.61. The van der Waals surface area contributed by atoms with Gasteiger partial charge >= 0.3 is 0 Å². The zero-order valence-electron chi connectivity index (χ0n) is 14.0. The molecule has 0 saturated carbocycles. The predicted molar refractivity (Wildman–Crippen MR) is 97.0 cm³/mol. The smallest absolute Gasteiger partial charge is 0.187 e. The first-order chi connectivity index (χ1) is 11.9. The molecule has 8 heteroatoms. The number of oxime groups is 1. The molecule has 130 valence electrons. The van der Waals surface area contributed by atoms with Gasteiger partial charge in [0, 0.05) is 25.2 Å². The molecule has 0 bridgehead atoms. The number of halogens is 1. The topological polar surface area (TPSA) is 102 Å². The standard InChI is InChI=1S/C17H18ClN5O2/c1-9-14(22(2)8-20-9)13-12(10-4-6-11(24)7-5-10)16(18)23(3)15(13)17(19)21-25/h4-8,24-25H,1-3H3,(H2,19,21). The number of aromatic nitrogens is 3. The maximum absolute atomic E-state index is 9.58. The maximum atomic E-state index is 9.58. The highest BCUT2D eigenvalue weighted by atomic mass is 35.5. The highest BCUT2D eigenvalue weighted by molar-refractivity contribution is 6.34. The van der Waals surface area contributed by atoms with Crippen LogP contribution in [0.2, 0.25) is 5.15 Å². The molecule has 3 rings (SSSR count). The molecule has 2 heterocycles. The first kappa shape index (κ1) is 16.9. The number of nitrogens with zero attached hydrogens (tertiary/aromatic N) is 4. The largest absolute Gasteiger partial charge is 0.508 e. The number of aryl methyl sites for hydroxylation is 2. The van der Waals surface area contributed by atoms with Crippen molar-refractivity contribution in [2.75, 3.05) is 0 Å². The summed E-state index contributed by atoms with van der Waals surface area (Å²) < 4.78 is 3.53. The Morgan fingerprint density at radius 2 is 1.84 bits per heavy atom. The molecule has 0 unspecified atom stereocenters. The normalized spacial score (nSPS) is 11.9. The molecule has 0 atom stereocenters. The Balaban J connectivity index is 2.45. The molecule has 4 N–H and O–H groups in total. The summed E-state index contributed by atoms with van der Waals surface area (Å²) in [6, 6.07) is 6.70. The molecule has 1 aromatic carbocycles. The third-order valence-corrected chi connectivity index (χ3v) is 4.63. The lowest BCUT2D eigenvalue weighted by Crippen LogP contribution is -2.18. The molecule has 0 fully saturated rings. The van der Waals surface area contributed by atoms with Crippen molar-refractivity contribution >= 4 is 17.4 Å². The van der Waals surface area contributed by atoms with E-state index in [9.17, 15) is 10.3 Å². The van der Waals surface area contributed by atoms with Gasteiger partial charge in [0.15, 0.2) is 5.84 Å². The van der Waals surface area contributed by atoms with E-state index < -0.39 is 0 Å². The number of imidazole rings is 1. The molecule has 0 aliphatic heterocycles. The first-order valence-electron chi connectivity index (χ1n) is 7.50. The second-order valence-corrected chi connectivity index (χ2v) is 6.13. The van der Waals surface area contributed by atoms with Gasteiger partial charge in [-0.05, 0) is 24.6 Å². The van der Waals surface area contributed by atoms with Gasteiger partial charge in [-0.15, -0.1) is 0 Å². The Morgan fingerprint density at radius 1 is 1.20 bits per heavy atom. The van der Waals surface area contributed by atoms with E-state index in [1.807, 2.05) is 18.5 Å². The van der Waals surface area contributed by atoms with Gasteiger partial charge in [0.2, 0.25) is 0 Å². The molecule has 0 amide bonds. The Labute approximate surface area is 149 Å². The van der Waals surface area contributed by atoms with E-state index in [2.05, 4.69) is 10.1 Å². The van der Waals surface area contributed by atoms with Gasteiger partial charge in [-0.3, -0.25) is 0 Å². The van der Waals surface area contributed by atoms with Gasteiger partial charge in [0.25, 0.3) is 0 Å². The fraction of sp³-hybridized carbons (Fsp3) is 0.176. The number of rotatable bonds is 3. The van der Waals surface area contributed by atoms with Gasteiger partial charge in [0.05, 0.1) is 23.4 Å². The number of nitrogens with two attached hydrogens (primary N) is 1. The summed E-state index contributed by atoms with van der Waals surface area (Å²) in [5, 5.41) is 22.4. The molecular formula is C17H18ClN5O2. The molecular weight excluding hydrogens is 342 g/mol. The maximum Gasteiger partial charge on any atom is 0.187 e. The number of hydrogen-bond donors (Lipinski definition) is 3. The van der Waals surface area contributed by atoms with Crippen molar-refractivity contribution in [2.45, 2.75) is 6.92 Å². The number of hydrogen-bond acceptors (Lipinski definition) is 4. The van der Waals surface area contributed by atoms with E-state index >= 15 is 0 Å². The highest BCUT2D eigenvalue weighted by Gasteiger charge is 2.27. The van der Waals surface area contributed by atoms with Crippen LogP contribution in [0, 0.1) is 6.92 Å². The fourth-order valence-corrected chi connectivity index (χ4v) is 3.32. The van der Waals surface area contributed by atoms with Crippen LogP contribution in [-0.2, 0) is 14.1 Å². The number of benzene rings is 1. The van der Waals surface area contributed by atoms with Crippen molar-refractivity contribution in [1.82, 2.24) is 14.1 Å². The van der Waals surface area contributed by atoms with Crippen LogP contribution in [0.3, 0.4) is 0 Å². The Kier molecular flexibility index (Phi) is 4.18. The molecule has 0 aliphatic carbocycles. The van der Waals surface area contributed by atoms with Crippen molar-refractivity contribution in [2.24, 2.45) is 25.0 Å². The fourth-order valence-electron chi connectivity index (χ4n) is 3.03. The number of aromatic hydroxyl groups is 1. The summed E-state index contributed by atoms with van der Waals surface area (Å²) >= 11 is 6.59. The third-order valence-electron chi connectivity index (χ3n) is 4.19. The lowest BCUT2D eigenvalue weighted by molar-refractivity contribution is 0.318. The van der Waals surface area contributed by atoms with Crippen molar-refractivity contribution in [3.8, 4) is 28.1 Å². The van der Waals surface area contributed by atoms with Crippen LogP contribution < -0.4 is 5.73 Å². The van der Waals surface area contributed by atoms with Crippen molar-refractivity contribution < 1.29 is 10.3 Å². The number of phenolic OH excluding ortho intramolecular Hbond substituents is 1. The minimum Gasteiger partial charge on any atom is -0.508 e. The van der Waals surface area contributed by atoms with E-state index in [4.69, 9.17) is 17.3 Å². The van der Waals surface area contributed by atoms with Crippen LogP contribution in [0.1, 0.15) is 11.4 Å². The van der Waals surface area contributed by atoms with E-state index in [1.54, 1.807) is 42.2 Å². The van der Waals surface area contributed by atoms with Crippen LogP contribution in [-0.4, -0.2) is 30.3 Å². The quantitative estimate of drug-likeness (QED) is 0.289. The lowest BCUT2D eigenvalue weighted by atomic mass is 9.98. The molecule has 0 spiro atoms. The summed E-state index contributed by atoms with van der Waals surface area (Å²) in [6.07, 6.45) is 1.70. The van der Waals surface area contributed by atoms with E-state index in [0.29, 0.717) is 16.4 Å². The average molecular weight is 360 g/mol.